The maximum atomic E-state index is 13.8. The average molecular weight is 448 g/mol. The largest absolute Gasteiger partial charge is 0.480 e. The molecule has 12 heteroatoms. The number of ether oxygens (including phenoxy) is 1. The molecular weight excluding hydrogens is 429 g/mol. The third kappa shape index (κ3) is 4.68. The number of alkyl halides is 3. The fraction of sp³-hybridized carbons (Fsp3) is 0.250. The monoisotopic (exact) mass is 448 g/mol. The molecule has 0 atom stereocenters. The van der Waals surface area contributed by atoms with Gasteiger partial charge in [0.2, 0.25) is 5.88 Å². The van der Waals surface area contributed by atoms with Gasteiger partial charge < -0.3 is 15.0 Å². The van der Waals surface area contributed by atoms with E-state index in [4.69, 9.17) is 4.74 Å². The Morgan fingerprint density at radius 3 is 2.34 bits per heavy atom. The van der Waals surface area contributed by atoms with Crippen LogP contribution in [-0.4, -0.2) is 57.9 Å². The van der Waals surface area contributed by atoms with Crippen LogP contribution in [0.15, 0.2) is 42.6 Å². The average Bonchev–Trinajstić information content (AvgIpc) is 3.24. The van der Waals surface area contributed by atoms with Crippen molar-refractivity contribution in [3.63, 3.8) is 0 Å². The fourth-order valence-corrected chi connectivity index (χ4v) is 2.94. The number of nitrogens with zero attached hydrogens (tertiary/aromatic N) is 5. The first-order valence-corrected chi connectivity index (χ1v) is 9.25. The summed E-state index contributed by atoms with van der Waals surface area (Å²) < 4.78 is 46.9. The molecule has 0 radical (unpaired) electrons. The summed E-state index contributed by atoms with van der Waals surface area (Å²) in [4.78, 5) is 25.6. The van der Waals surface area contributed by atoms with Crippen LogP contribution >= 0.6 is 0 Å². The number of aromatic nitrogens is 4. The molecule has 2 amide bonds. The zero-order valence-electron chi connectivity index (χ0n) is 17.3. The molecule has 9 nitrogen and oxygen atoms in total. The van der Waals surface area contributed by atoms with Crippen LogP contribution in [0.4, 0.5) is 13.2 Å². The number of amides is 2. The van der Waals surface area contributed by atoms with Crippen LogP contribution in [0.3, 0.4) is 0 Å². The minimum Gasteiger partial charge on any atom is -0.480 e. The van der Waals surface area contributed by atoms with Gasteiger partial charge in [-0.25, -0.2) is 4.68 Å². The highest BCUT2D eigenvalue weighted by Crippen LogP contribution is 2.34. The summed E-state index contributed by atoms with van der Waals surface area (Å²) in [6, 6.07) is 8.95. The van der Waals surface area contributed by atoms with Gasteiger partial charge in [0.1, 0.15) is 0 Å². The lowest BCUT2D eigenvalue weighted by molar-refractivity contribution is -0.143. The molecule has 0 aliphatic carbocycles. The van der Waals surface area contributed by atoms with Gasteiger partial charge in [0.25, 0.3) is 11.8 Å². The van der Waals surface area contributed by atoms with E-state index in [1.54, 1.807) is 24.3 Å². The molecule has 0 fully saturated rings. The number of carbonyl (C=O) groups is 2. The van der Waals surface area contributed by atoms with Crippen molar-refractivity contribution in [2.24, 2.45) is 0 Å². The Labute approximate surface area is 180 Å². The first-order valence-electron chi connectivity index (χ1n) is 9.25. The van der Waals surface area contributed by atoms with Crippen molar-refractivity contribution in [3.8, 4) is 11.7 Å². The summed E-state index contributed by atoms with van der Waals surface area (Å²) in [5, 5.41) is 13.5. The molecule has 0 bridgehead atoms. The van der Waals surface area contributed by atoms with Crippen LogP contribution < -0.4 is 10.1 Å². The minimum absolute atomic E-state index is 0.0255. The maximum Gasteiger partial charge on any atom is 0.434 e. The van der Waals surface area contributed by atoms with Gasteiger partial charge in [-0.1, -0.05) is 12.1 Å². The Morgan fingerprint density at radius 1 is 1.12 bits per heavy atom. The molecule has 0 saturated heterocycles. The van der Waals surface area contributed by atoms with E-state index in [1.807, 2.05) is 0 Å². The van der Waals surface area contributed by atoms with Crippen molar-refractivity contribution in [2.45, 2.75) is 12.7 Å². The lowest BCUT2D eigenvalue weighted by Gasteiger charge is -2.18. The SMILES string of the molecule is CNC(=O)c1ccc(CN(C)C(=O)c2cnn(-c3ccc(OC)nn3)c2C(F)(F)F)cc1. The van der Waals surface area contributed by atoms with E-state index in [0.29, 0.717) is 15.8 Å². The molecule has 0 unspecified atom stereocenters. The predicted octanol–water partition coefficient (Wildman–Crippen LogP) is 2.32. The van der Waals surface area contributed by atoms with Crippen LogP contribution in [-0.2, 0) is 12.7 Å². The Kier molecular flexibility index (Phi) is 6.42. The van der Waals surface area contributed by atoms with Gasteiger partial charge in [-0.15, -0.1) is 10.2 Å². The summed E-state index contributed by atoms with van der Waals surface area (Å²) in [5.41, 5.74) is -0.828. The van der Waals surface area contributed by atoms with Crippen molar-refractivity contribution in [2.75, 3.05) is 21.2 Å². The number of hydrogen-bond donors (Lipinski definition) is 1. The van der Waals surface area contributed by atoms with E-state index in [0.717, 1.165) is 11.1 Å². The van der Waals surface area contributed by atoms with E-state index < -0.39 is 23.3 Å². The Hall–Kier alpha value is -3.96. The summed E-state index contributed by atoms with van der Waals surface area (Å²) in [7, 11) is 4.22. The van der Waals surface area contributed by atoms with Gasteiger partial charge >= 0.3 is 6.18 Å². The number of halogens is 3. The highest BCUT2D eigenvalue weighted by atomic mass is 19.4. The highest BCUT2D eigenvalue weighted by molar-refractivity contribution is 5.95. The molecule has 1 aromatic carbocycles. The molecule has 0 aliphatic heterocycles. The number of hydrogen-bond acceptors (Lipinski definition) is 6. The molecule has 0 saturated carbocycles. The smallest absolute Gasteiger partial charge is 0.434 e. The Bertz CT molecular complexity index is 1110. The van der Waals surface area contributed by atoms with Crippen LogP contribution in [0.5, 0.6) is 5.88 Å². The second-order valence-corrected chi connectivity index (χ2v) is 6.69. The molecule has 2 aromatic heterocycles. The van der Waals surface area contributed by atoms with Crippen LogP contribution in [0.2, 0.25) is 0 Å². The Morgan fingerprint density at radius 2 is 1.81 bits per heavy atom. The van der Waals surface area contributed by atoms with Gasteiger partial charge in [-0.2, -0.15) is 18.3 Å². The molecule has 0 spiro atoms. The number of nitrogens with one attached hydrogen (secondary N) is 1. The van der Waals surface area contributed by atoms with E-state index >= 15 is 0 Å². The lowest BCUT2D eigenvalue weighted by Crippen LogP contribution is -2.29. The van der Waals surface area contributed by atoms with Crippen molar-refractivity contribution < 1.29 is 27.5 Å². The van der Waals surface area contributed by atoms with E-state index in [2.05, 4.69) is 20.6 Å². The summed E-state index contributed by atoms with van der Waals surface area (Å²) >= 11 is 0. The van der Waals surface area contributed by atoms with Gasteiger partial charge in [-0.3, -0.25) is 9.59 Å². The standard InChI is InChI=1S/C20H19F3N6O3/c1-24-18(30)13-6-4-12(5-7-13)11-28(2)19(31)14-10-25-29(17(14)20(21,22)23)15-8-9-16(32-3)27-26-15/h4-10H,11H2,1-3H3,(H,24,30). The van der Waals surface area contributed by atoms with Gasteiger partial charge in [0.15, 0.2) is 11.5 Å². The minimum atomic E-state index is -4.88. The van der Waals surface area contributed by atoms with Crippen molar-refractivity contribution >= 4 is 11.8 Å². The quantitative estimate of drug-likeness (QED) is 0.621. The van der Waals surface area contributed by atoms with Gasteiger partial charge in [0.05, 0.1) is 18.9 Å². The topological polar surface area (TPSA) is 102 Å². The molecular formula is C20H19F3N6O3. The lowest BCUT2D eigenvalue weighted by atomic mass is 10.1. The summed E-state index contributed by atoms with van der Waals surface area (Å²) in [5.74, 6) is -1.25. The van der Waals surface area contributed by atoms with E-state index in [9.17, 15) is 22.8 Å². The Balaban J connectivity index is 1.88. The van der Waals surface area contributed by atoms with Crippen molar-refractivity contribution in [1.29, 1.82) is 0 Å². The van der Waals surface area contributed by atoms with Crippen LogP contribution in [0, 0.1) is 0 Å². The normalized spacial score (nSPS) is 11.2. The number of carbonyl (C=O) groups excluding carboxylic acids is 2. The fourth-order valence-electron chi connectivity index (χ4n) is 2.94. The highest BCUT2D eigenvalue weighted by Gasteiger charge is 2.41. The first-order chi connectivity index (χ1) is 15.2. The van der Waals surface area contributed by atoms with Gasteiger partial charge in [-0.05, 0) is 23.8 Å². The summed E-state index contributed by atoms with van der Waals surface area (Å²) in [6.45, 7) is 0.0255. The third-order valence-electron chi connectivity index (χ3n) is 4.53. The number of benzene rings is 1. The van der Waals surface area contributed by atoms with E-state index in [1.165, 1.54) is 33.3 Å². The predicted molar refractivity (Wildman–Crippen MR) is 106 cm³/mol. The molecule has 168 valence electrons. The zero-order chi connectivity index (χ0) is 23.5. The molecule has 32 heavy (non-hydrogen) atoms. The second kappa shape index (κ2) is 9.04. The summed E-state index contributed by atoms with van der Waals surface area (Å²) in [6.07, 6.45) is -4.03. The second-order valence-electron chi connectivity index (χ2n) is 6.69. The molecule has 3 aromatic rings. The molecule has 0 aliphatic rings. The zero-order valence-corrected chi connectivity index (χ0v) is 17.3. The maximum absolute atomic E-state index is 13.8. The molecule has 2 heterocycles. The first kappa shape index (κ1) is 22.7. The number of rotatable bonds is 6. The van der Waals surface area contributed by atoms with Crippen molar-refractivity contribution in [3.05, 3.63) is 65.0 Å². The van der Waals surface area contributed by atoms with Crippen molar-refractivity contribution in [1.82, 2.24) is 30.2 Å². The molecule has 1 N–H and O–H groups in total. The van der Waals surface area contributed by atoms with Gasteiger partial charge in [0, 0.05) is 32.3 Å². The molecule has 3 rings (SSSR count). The van der Waals surface area contributed by atoms with E-state index in [-0.39, 0.29) is 24.1 Å². The number of methoxy groups -OCH3 is 1. The van der Waals surface area contributed by atoms with Crippen LogP contribution in [0.1, 0.15) is 32.0 Å². The third-order valence-corrected chi connectivity index (χ3v) is 4.53. The van der Waals surface area contributed by atoms with Crippen LogP contribution in [0.25, 0.3) is 5.82 Å².